The summed E-state index contributed by atoms with van der Waals surface area (Å²) >= 11 is 0. The third-order valence-electron chi connectivity index (χ3n) is 9.66. The van der Waals surface area contributed by atoms with E-state index in [1.807, 2.05) is 0 Å². The Balaban J connectivity index is 1.97. The van der Waals surface area contributed by atoms with Gasteiger partial charge in [0, 0.05) is 10.8 Å². The fourth-order valence-corrected chi connectivity index (χ4v) is 6.69. The molecule has 0 saturated heterocycles. The number of rotatable bonds is 2. The van der Waals surface area contributed by atoms with Gasteiger partial charge in [0.15, 0.2) is 0 Å². The first kappa shape index (κ1) is 30.5. The summed E-state index contributed by atoms with van der Waals surface area (Å²) in [7, 11) is 11.4. The first-order valence-corrected chi connectivity index (χ1v) is 15.5. The molecule has 42 heavy (non-hydrogen) atoms. The van der Waals surface area contributed by atoms with Crippen LogP contribution in [0.25, 0.3) is 44.2 Å². The molecule has 0 N–H and O–H groups in total. The minimum atomic E-state index is -0.103. The summed E-state index contributed by atoms with van der Waals surface area (Å²) in [5.74, 6) is 0. The fraction of sp³-hybridized carbons (Fsp3) is 0.333. The van der Waals surface area contributed by atoms with Gasteiger partial charge < -0.3 is 4.42 Å². The summed E-state index contributed by atoms with van der Waals surface area (Å²) in [4.78, 5) is 0. The van der Waals surface area contributed by atoms with Gasteiger partial charge in [0.1, 0.15) is 50.4 Å². The van der Waals surface area contributed by atoms with E-state index in [4.69, 9.17) is 4.42 Å². The number of hydrogen-bond acceptors (Lipinski definition) is 1. The maximum atomic E-state index is 6.66. The molecule has 5 rings (SSSR count). The van der Waals surface area contributed by atoms with Crippen LogP contribution in [0.1, 0.15) is 79.0 Å². The van der Waals surface area contributed by atoms with Gasteiger partial charge in [0.25, 0.3) is 0 Å². The van der Waals surface area contributed by atoms with Crippen LogP contribution in [0.15, 0.2) is 52.9 Å². The highest BCUT2D eigenvalue weighted by Gasteiger charge is 2.29. The van der Waals surface area contributed by atoms with Crippen LogP contribution in [-0.2, 0) is 16.2 Å². The number of benzene rings is 4. The van der Waals surface area contributed by atoms with Gasteiger partial charge in [0.05, 0.1) is 0 Å². The maximum Gasteiger partial charge on any atom is 0.139 e. The predicted octanol–water partition coefficient (Wildman–Crippen LogP) is 2.10. The van der Waals surface area contributed by atoms with Crippen molar-refractivity contribution in [3.8, 4) is 22.3 Å². The SMILES string of the molecule is Bc1c(B)c(B)c(-c2ccc3oc4cccc(-c5cc(C(C)(C)C)cc(C(C)(C)C)c5)c4c3c2C(C)(C)C)c(B)c1B. The van der Waals surface area contributed by atoms with E-state index in [1.54, 1.807) is 0 Å². The molecule has 210 valence electrons. The van der Waals surface area contributed by atoms with Crippen molar-refractivity contribution in [3.05, 3.63) is 65.2 Å². The van der Waals surface area contributed by atoms with Crippen LogP contribution < -0.4 is 27.3 Å². The standard InChI is InChI=1S/C36H45B5O/c1-34(2,3)19-15-18(16-20(17-19)35(4,5)6)21-11-10-12-23-25(21)27-24(42-23)14-13-22(28(27)36(7,8)9)26-29(37)31(39)33(41)32(40)30(26)38/h10-17H,37-41H2,1-9H3. The van der Waals surface area contributed by atoms with E-state index in [0.29, 0.717) is 0 Å². The van der Waals surface area contributed by atoms with Gasteiger partial charge >= 0.3 is 0 Å². The highest BCUT2D eigenvalue weighted by atomic mass is 16.3. The van der Waals surface area contributed by atoms with Gasteiger partial charge in [-0.25, -0.2) is 0 Å². The third kappa shape index (κ3) is 4.99. The van der Waals surface area contributed by atoms with Crippen molar-refractivity contribution in [3.63, 3.8) is 0 Å². The number of furan rings is 1. The van der Waals surface area contributed by atoms with Crippen LogP contribution in [0.3, 0.4) is 0 Å². The summed E-state index contributed by atoms with van der Waals surface area (Å²) in [5.41, 5.74) is 18.1. The Labute approximate surface area is 258 Å². The van der Waals surface area contributed by atoms with Gasteiger partial charge in [-0.05, 0) is 67.3 Å². The molecule has 0 atom stereocenters. The Morgan fingerprint density at radius 3 is 1.50 bits per heavy atom. The molecule has 0 aliphatic rings. The van der Waals surface area contributed by atoms with E-state index in [9.17, 15) is 0 Å². The smallest absolute Gasteiger partial charge is 0.139 e. The molecule has 0 saturated carbocycles. The molecule has 0 spiro atoms. The Bertz CT molecular complexity index is 1810. The molecule has 6 heteroatoms. The van der Waals surface area contributed by atoms with Crippen molar-refractivity contribution < 1.29 is 4.42 Å². The van der Waals surface area contributed by atoms with Crippen molar-refractivity contribution in [1.29, 1.82) is 0 Å². The molecule has 0 fully saturated rings. The Morgan fingerprint density at radius 2 is 1.00 bits per heavy atom. The maximum absolute atomic E-state index is 6.66. The molecule has 1 heterocycles. The second kappa shape index (κ2) is 10.0. The lowest BCUT2D eigenvalue weighted by atomic mass is 9.59. The molecule has 0 aliphatic heterocycles. The molecular weight excluding hydrogens is 502 g/mol. The molecule has 5 aromatic rings. The van der Waals surface area contributed by atoms with Gasteiger partial charge in [-0.2, -0.15) is 0 Å². The second-order valence-corrected chi connectivity index (χ2v) is 15.7. The minimum absolute atomic E-state index is 0.0440. The lowest BCUT2D eigenvalue weighted by molar-refractivity contribution is 0.569. The van der Waals surface area contributed by atoms with Gasteiger partial charge in [-0.1, -0.05) is 110 Å². The van der Waals surface area contributed by atoms with E-state index < -0.39 is 0 Å². The highest BCUT2D eigenvalue weighted by molar-refractivity contribution is 6.68. The highest BCUT2D eigenvalue weighted by Crippen LogP contribution is 2.46. The Morgan fingerprint density at radius 1 is 0.500 bits per heavy atom. The average molecular weight is 548 g/mol. The molecule has 0 unspecified atom stereocenters. The number of hydrogen-bond donors (Lipinski definition) is 0. The topological polar surface area (TPSA) is 13.1 Å². The molecule has 0 radical (unpaired) electrons. The van der Waals surface area contributed by atoms with Crippen molar-refractivity contribution in [2.45, 2.75) is 78.6 Å². The third-order valence-corrected chi connectivity index (χ3v) is 9.66. The Hall–Kier alpha value is -3.00. The van der Waals surface area contributed by atoms with E-state index in [-0.39, 0.29) is 16.2 Å². The lowest BCUT2D eigenvalue weighted by Gasteiger charge is -2.28. The van der Waals surface area contributed by atoms with Crippen molar-refractivity contribution in [1.82, 2.24) is 0 Å². The van der Waals surface area contributed by atoms with Crippen LogP contribution in [0.4, 0.5) is 0 Å². The molecule has 1 aromatic heterocycles. The monoisotopic (exact) mass is 548 g/mol. The van der Waals surface area contributed by atoms with E-state index in [0.717, 1.165) is 11.2 Å². The van der Waals surface area contributed by atoms with Crippen molar-refractivity contribution >= 4 is 88.5 Å². The molecule has 0 amide bonds. The van der Waals surface area contributed by atoms with E-state index in [1.165, 1.54) is 77.0 Å². The van der Waals surface area contributed by atoms with E-state index in [2.05, 4.69) is 150 Å². The van der Waals surface area contributed by atoms with Crippen LogP contribution >= 0.6 is 0 Å². The predicted molar refractivity (Wildman–Crippen MR) is 202 cm³/mol. The van der Waals surface area contributed by atoms with Crippen LogP contribution in [0.2, 0.25) is 0 Å². The normalized spacial score (nSPS) is 12.9. The van der Waals surface area contributed by atoms with Gasteiger partial charge in [0.2, 0.25) is 0 Å². The van der Waals surface area contributed by atoms with Crippen LogP contribution in [-0.4, -0.2) is 39.2 Å². The first-order chi connectivity index (χ1) is 19.3. The second-order valence-electron chi connectivity index (χ2n) is 15.7. The fourth-order valence-electron chi connectivity index (χ4n) is 6.69. The molecule has 0 bridgehead atoms. The molecular formula is C36H45B5O. The Kier molecular flexibility index (Phi) is 7.28. The van der Waals surface area contributed by atoms with E-state index >= 15 is 0 Å². The molecule has 4 aromatic carbocycles. The largest absolute Gasteiger partial charge is 0.456 e. The van der Waals surface area contributed by atoms with Crippen molar-refractivity contribution in [2.24, 2.45) is 0 Å². The minimum Gasteiger partial charge on any atom is -0.456 e. The zero-order chi connectivity index (χ0) is 31.1. The van der Waals surface area contributed by atoms with Gasteiger partial charge in [-0.3, -0.25) is 0 Å². The van der Waals surface area contributed by atoms with Crippen LogP contribution in [0.5, 0.6) is 0 Å². The van der Waals surface area contributed by atoms with Gasteiger partial charge in [-0.15, -0.1) is 16.4 Å². The van der Waals surface area contributed by atoms with Crippen molar-refractivity contribution in [2.75, 3.05) is 0 Å². The summed E-state index contributed by atoms with van der Waals surface area (Å²) in [6, 6.07) is 18.3. The first-order valence-electron chi connectivity index (χ1n) is 15.5. The van der Waals surface area contributed by atoms with Crippen LogP contribution in [0, 0.1) is 0 Å². The molecule has 1 nitrogen and oxygen atoms in total. The average Bonchev–Trinajstić information content (AvgIpc) is 3.27. The summed E-state index contributed by atoms with van der Waals surface area (Å²) in [6.45, 7) is 20.9. The summed E-state index contributed by atoms with van der Waals surface area (Å²) in [5, 5.41) is 2.47. The quantitative estimate of drug-likeness (QED) is 0.309. The zero-order valence-electron chi connectivity index (χ0n) is 28.5. The number of fused-ring (bicyclic) bond motifs is 3. The summed E-state index contributed by atoms with van der Waals surface area (Å²) in [6.07, 6.45) is 0. The summed E-state index contributed by atoms with van der Waals surface area (Å²) < 4.78 is 6.66. The zero-order valence-corrected chi connectivity index (χ0v) is 28.5. The molecule has 0 aliphatic carbocycles. The lowest BCUT2D eigenvalue weighted by Crippen LogP contribution is -2.55.